The van der Waals surface area contributed by atoms with E-state index in [0.29, 0.717) is 41.8 Å². The Morgan fingerprint density at radius 2 is 1.69 bits per heavy atom. The standard InChI is InChI=1S/C25H29N5O4S/c1-2-3-4-7-16-34-25(31)21-22-24(29-20-9-6-5-8-19(20)28-22)30(23(21)26)15-14-17-10-12-18(13-11-17)35(27,32)33/h5-6,8-13H,2-4,7,14-16,26H2,1H3,(H2,27,32,33). The maximum Gasteiger partial charge on any atom is 0.344 e. The predicted molar refractivity (Wildman–Crippen MR) is 135 cm³/mol. The third-order valence-corrected chi connectivity index (χ3v) is 6.83. The first-order valence-corrected chi connectivity index (χ1v) is 13.2. The quantitative estimate of drug-likeness (QED) is 0.252. The number of para-hydroxylation sites is 2. The maximum atomic E-state index is 13.0. The lowest BCUT2D eigenvalue weighted by Gasteiger charge is -2.09. The van der Waals surface area contributed by atoms with Gasteiger partial charge in [0.25, 0.3) is 0 Å². The van der Waals surface area contributed by atoms with Gasteiger partial charge in [0.1, 0.15) is 16.9 Å². The summed E-state index contributed by atoms with van der Waals surface area (Å²) in [6.07, 6.45) is 4.51. The molecular formula is C25H29N5O4S. The Bertz CT molecular complexity index is 1460. The number of benzene rings is 2. The van der Waals surface area contributed by atoms with Gasteiger partial charge in [0, 0.05) is 6.54 Å². The van der Waals surface area contributed by atoms with Crippen LogP contribution in [-0.4, -0.2) is 35.5 Å². The van der Waals surface area contributed by atoms with Crippen molar-refractivity contribution in [3.8, 4) is 0 Å². The van der Waals surface area contributed by atoms with E-state index in [2.05, 4.69) is 11.9 Å². The van der Waals surface area contributed by atoms with Gasteiger partial charge in [0.2, 0.25) is 10.0 Å². The fourth-order valence-corrected chi connectivity index (χ4v) is 4.51. The summed E-state index contributed by atoms with van der Waals surface area (Å²) in [6, 6.07) is 13.8. The molecule has 0 fully saturated rings. The Hall–Kier alpha value is -3.50. The van der Waals surface area contributed by atoms with Crippen molar-refractivity contribution in [1.29, 1.82) is 0 Å². The molecule has 2 heterocycles. The van der Waals surface area contributed by atoms with Gasteiger partial charge >= 0.3 is 5.97 Å². The minimum absolute atomic E-state index is 0.0495. The molecule has 0 spiro atoms. The number of nitrogen functional groups attached to an aromatic ring is 1. The molecule has 2 aromatic carbocycles. The van der Waals surface area contributed by atoms with Crippen LogP contribution in [0.3, 0.4) is 0 Å². The molecule has 0 aliphatic heterocycles. The van der Waals surface area contributed by atoms with Crippen LogP contribution in [0.25, 0.3) is 22.2 Å². The number of hydrogen-bond acceptors (Lipinski definition) is 7. The lowest BCUT2D eigenvalue weighted by atomic mass is 10.1. The molecule has 9 nitrogen and oxygen atoms in total. The van der Waals surface area contributed by atoms with E-state index < -0.39 is 16.0 Å². The van der Waals surface area contributed by atoms with Crippen molar-refractivity contribution < 1.29 is 17.9 Å². The highest BCUT2D eigenvalue weighted by Crippen LogP contribution is 2.29. The Kier molecular flexibility index (Phi) is 7.32. The number of nitrogens with two attached hydrogens (primary N) is 2. The number of anilines is 1. The van der Waals surface area contributed by atoms with E-state index in [9.17, 15) is 13.2 Å². The molecule has 0 unspecified atom stereocenters. The van der Waals surface area contributed by atoms with Crippen molar-refractivity contribution in [3.63, 3.8) is 0 Å². The van der Waals surface area contributed by atoms with Crippen LogP contribution in [0, 0.1) is 0 Å². The number of hydrogen-bond donors (Lipinski definition) is 2. The van der Waals surface area contributed by atoms with E-state index in [1.54, 1.807) is 16.7 Å². The van der Waals surface area contributed by atoms with Crippen LogP contribution < -0.4 is 10.9 Å². The number of sulfonamides is 1. The molecule has 4 N–H and O–H groups in total. The molecule has 35 heavy (non-hydrogen) atoms. The van der Waals surface area contributed by atoms with E-state index in [1.165, 1.54) is 12.1 Å². The maximum absolute atomic E-state index is 13.0. The van der Waals surface area contributed by atoms with E-state index in [4.69, 9.17) is 20.6 Å². The molecule has 4 aromatic rings. The molecule has 0 saturated heterocycles. The van der Waals surface area contributed by atoms with Gasteiger partial charge in [0.15, 0.2) is 5.65 Å². The van der Waals surface area contributed by atoms with Crippen molar-refractivity contribution in [2.24, 2.45) is 5.14 Å². The summed E-state index contributed by atoms with van der Waals surface area (Å²) in [4.78, 5) is 22.5. The molecule has 0 bridgehead atoms. The number of aryl methyl sites for hydroxylation is 2. The number of fused-ring (bicyclic) bond motifs is 2. The molecule has 0 aliphatic rings. The second-order valence-corrected chi connectivity index (χ2v) is 9.99. The average Bonchev–Trinajstić information content (AvgIpc) is 3.10. The van der Waals surface area contributed by atoms with Gasteiger partial charge in [-0.25, -0.2) is 28.3 Å². The van der Waals surface area contributed by atoms with Gasteiger partial charge in [0.05, 0.1) is 22.5 Å². The summed E-state index contributed by atoms with van der Waals surface area (Å²) in [7, 11) is -3.76. The molecule has 0 amide bonds. The Labute approximate surface area is 204 Å². The third-order valence-electron chi connectivity index (χ3n) is 5.90. The number of esters is 1. The fourth-order valence-electron chi connectivity index (χ4n) is 4.00. The van der Waals surface area contributed by atoms with Crippen LogP contribution in [0.1, 0.15) is 48.5 Å². The van der Waals surface area contributed by atoms with E-state index in [0.717, 1.165) is 31.2 Å². The summed E-state index contributed by atoms with van der Waals surface area (Å²) < 4.78 is 30.3. The van der Waals surface area contributed by atoms with Crippen molar-refractivity contribution in [2.75, 3.05) is 12.3 Å². The number of aromatic nitrogens is 3. The van der Waals surface area contributed by atoms with Crippen LogP contribution in [0.2, 0.25) is 0 Å². The monoisotopic (exact) mass is 495 g/mol. The van der Waals surface area contributed by atoms with Crippen LogP contribution in [0.4, 0.5) is 5.82 Å². The number of rotatable bonds is 10. The second-order valence-electron chi connectivity index (χ2n) is 8.43. The normalized spacial score (nSPS) is 11.8. The Balaban J connectivity index is 1.66. The number of ether oxygens (including phenoxy) is 1. The van der Waals surface area contributed by atoms with Crippen LogP contribution in [-0.2, 0) is 27.7 Å². The van der Waals surface area contributed by atoms with Gasteiger partial charge in [-0.1, -0.05) is 50.5 Å². The van der Waals surface area contributed by atoms with Crippen LogP contribution in [0.5, 0.6) is 0 Å². The highest BCUT2D eigenvalue weighted by molar-refractivity contribution is 7.89. The van der Waals surface area contributed by atoms with Crippen molar-refractivity contribution >= 4 is 44.0 Å². The summed E-state index contributed by atoms with van der Waals surface area (Å²) in [5.41, 5.74) is 9.82. The lowest BCUT2D eigenvalue weighted by Crippen LogP contribution is -2.12. The molecule has 184 valence electrons. The predicted octanol–water partition coefficient (Wildman–Crippen LogP) is 3.79. The topological polar surface area (TPSA) is 143 Å². The third kappa shape index (κ3) is 5.44. The zero-order valence-corrected chi connectivity index (χ0v) is 20.4. The van der Waals surface area contributed by atoms with E-state index in [-0.39, 0.29) is 16.3 Å². The van der Waals surface area contributed by atoms with Crippen LogP contribution in [0.15, 0.2) is 53.4 Å². The smallest absolute Gasteiger partial charge is 0.344 e. The molecule has 10 heteroatoms. The number of carbonyl (C=O) groups excluding carboxylic acids is 1. The first-order chi connectivity index (χ1) is 16.8. The molecule has 4 rings (SSSR count). The minimum atomic E-state index is -3.76. The van der Waals surface area contributed by atoms with Crippen molar-refractivity contribution in [1.82, 2.24) is 14.5 Å². The van der Waals surface area contributed by atoms with E-state index in [1.807, 2.05) is 24.3 Å². The summed E-state index contributed by atoms with van der Waals surface area (Å²) >= 11 is 0. The van der Waals surface area contributed by atoms with Gasteiger partial charge in [-0.15, -0.1) is 0 Å². The second kappa shape index (κ2) is 10.4. The Morgan fingerprint density at radius 1 is 1.00 bits per heavy atom. The van der Waals surface area contributed by atoms with E-state index >= 15 is 0 Å². The van der Waals surface area contributed by atoms with Crippen molar-refractivity contribution in [3.05, 3.63) is 59.7 Å². The first kappa shape index (κ1) is 24.6. The average molecular weight is 496 g/mol. The SMILES string of the molecule is CCCCCCOC(=O)c1c(N)n(CCc2ccc(S(N)(=O)=O)cc2)c2nc3ccccc3nc12. The number of primary sulfonamides is 1. The summed E-state index contributed by atoms with van der Waals surface area (Å²) in [5.74, 6) is -0.264. The number of carbonyl (C=O) groups is 1. The fraction of sp³-hybridized carbons (Fsp3) is 0.320. The van der Waals surface area contributed by atoms with Gasteiger partial charge in [-0.05, 0) is 42.7 Å². The largest absolute Gasteiger partial charge is 0.462 e. The number of nitrogens with zero attached hydrogens (tertiary/aromatic N) is 3. The van der Waals surface area contributed by atoms with Crippen LogP contribution >= 0.6 is 0 Å². The highest BCUT2D eigenvalue weighted by atomic mass is 32.2. The zero-order valence-electron chi connectivity index (χ0n) is 19.6. The molecule has 0 radical (unpaired) electrons. The minimum Gasteiger partial charge on any atom is -0.462 e. The van der Waals surface area contributed by atoms with Gasteiger partial charge in [-0.2, -0.15) is 0 Å². The summed E-state index contributed by atoms with van der Waals surface area (Å²) in [6.45, 7) is 2.86. The zero-order chi connectivity index (χ0) is 25.0. The lowest BCUT2D eigenvalue weighted by molar-refractivity contribution is 0.0501. The van der Waals surface area contributed by atoms with Gasteiger partial charge in [-0.3, -0.25) is 0 Å². The highest BCUT2D eigenvalue weighted by Gasteiger charge is 2.25. The molecule has 0 saturated carbocycles. The number of unbranched alkanes of at least 4 members (excludes halogenated alkanes) is 3. The molecular weight excluding hydrogens is 466 g/mol. The molecule has 0 atom stereocenters. The first-order valence-electron chi connectivity index (χ1n) is 11.6. The Morgan fingerprint density at radius 3 is 2.34 bits per heavy atom. The molecule has 2 aromatic heterocycles. The summed E-state index contributed by atoms with van der Waals surface area (Å²) in [5, 5.41) is 5.18. The molecule has 0 aliphatic carbocycles. The van der Waals surface area contributed by atoms with Crippen molar-refractivity contribution in [2.45, 2.75) is 50.5 Å². The van der Waals surface area contributed by atoms with Gasteiger partial charge < -0.3 is 15.0 Å².